The molecule has 0 rings (SSSR count). The zero-order valence-electron chi connectivity index (χ0n) is 52.3. The first-order valence-electron chi connectivity index (χ1n) is 33.5. The number of carbonyl (C=O) groups excluding carboxylic acids is 3. The Kier molecular flexibility index (Phi) is 63.8. The van der Waals surface area contributed by atoms with E-state index >= 15 is 0 Å². The van der Waals surface area contributed by atoms with Crippen LogP contribution in [0.1, 0.15) is 310 Å². The molecule has 0 aliphatic carbocycles. The summed E-state index contributed by atoms with van der Waals surface area (Å²) in [6, 6.07) is 0. The van der Waals surface area contributed by atoms with Gasteiger partial charge in [0.15, 0.2) is 6.10 Å². The van der Waals surface area contributed by atoms with E-state index < -0.39 is 6.10 Å². The number of unbranched alkanes of at least 4 members (excludes halogenated alkanes) is 29. The molecule has 0 radical (unpaired) electrons. The summed E-state index contributed by atoms with van der Waals surface area (Å²) in [4.78, 5) is 38.3. The van der Waals surface area contributed by atoms with Crippen LogP contribution in [-0.4, -0.2) is 37.2 Å². The van der Waals surface area contributed by atoms with Gasteiger partial charge in [-0.1, -0.05) is 303 Å². The van der Waals surface area contributed by atoms with Crippen molar-refractivity contribution in [2.45, 2.75) is 316 Å². The Balaban J connectivity index is 4.22. The fourth-order valence-electron chi connectivity index (χ4n) is 9.26. The van der Waals surface area contributed by atoms with E-state index in [1.807, 2.05) is 0 Å². The van der Waals surface area contributed by atoms with Crippen molar-refractivity contribution in [3.05, 3.63) is 122 Å². The molecule has 0 amide bonds. The fraction of sp³-hybridized carbons (Fsp3) is 0.689. The van der Waals surface area contributed by atoms with Crippen LogP contribution in [0.5, 0.6) is 0 Å². The highest BCUT2D eigenvalue weighted by atomic mass is 16.6. The molecule has 456 valence electrons. The third-order valence-corrected chi connectivity index (χ3v) is 14.2. The van der Waals surface area contributed by atoms with Crippen molar-refractivity contribution in [1.82, 2.24) is 0 Å². The maximum atomic E-state index is 12.9. The van der Waals surface area contributed by atoms with Gasteiger partial charge in [-0.05, 0) is 109 Å². The lowest BCUT2D eigenvalue weighted by molar-refractivity contribution is -0.167. The summed E-state index contributed by atoms with van der Waals surface area (Å²) >= 11 is 0. The van der Waals surface area contributed by atoms with Crippen molar-refractivity contribution in [2.24, 2.45) is 0 Å². The summed E-state index contributed by atoms with van der Waals surface area (Å²) in [5.74, 6) is -0.884. The maximum Gasteiger partial charge on any atom is 0.306 e. The van der Waals surface area contributed by atoms with Gasteiger partial charge in [0.25, 0.3) is 0 Å². The fourth-order valence-corrected chi connectivity index (χ4v) is 9.26. The number of ether oxygens (including phenoxy) is 3. The molecule has 0 spiro atoms. The van der Waals surface area contributed by atoms with Crippen molar-refractivity contribution in [1.29, 1.82) is 0 Å². The standard InChI is InChI=1S/C74H124O6/c1-4-7-10-13-16-19-22-24-26-28-30-32-33-34-35-36-37-38-39-40-41-43-44-46-48-50-52-55-58-61-64-67-73(76)79-70-71(69-78-72(75)66-63-60-57-54-21-18-15-12-9-6-3)80-74(77)68-65-62-59-56-53-51-49-47-45-42-31-29-27-25-23-20-17-14-11-8-5-2/h7-8,10-11,16-17,19-20,24-27,30-32,34-35,37-38,42,71H,4-6,9,12-15,18,21-23,28-29,33,36,39-41,43-70H2,1-3H3/b10-7-,11-8-,19-16-,20-17-,26-24-,27-25-,32-30-,35-34-,38-37-,42-31-. The maximum absolute atomic E-state index is 12.9. The van der Waals surface area contributed by atoms with Gasteiger partial charge in [0, 0.05) is 19.3 Å². The zero-order chi connectivity index (χ0) is 57.8. The third-order valence-electron chi connectivity index (χ3n) is 14.2. The average molecular weight is 1110 g/mol. The van der Waals surface area contributed by atoms with Crippen LogP contribution in [0.25, 0.3) is 0 Å². The minimum absolute atomic E-state index is 0.0804. The Morgan fingerprint density at radius 2 is 0.487 bits per heavy atom. The van der Waals surface area contributed by atoms with E-state index in [0.29, 0.717) is 19.3 Å². The molecule has 0 aromatic rings. The lowest BCUT2D eigenvalue weighted by Crippen LogP contribution is -2.30. The summed E-state index contributed by atoms with van der Waals surface area (Å²) in [5, 5.41) is 0. The van der Waals surface area contributed by atoms with Crippen LogP contribution in [0, 0.1) is 0 Å². The average Bonchev–Trinajstić information content (AvgIpc) is 3.46. The van der Waals surface area contributed by atoms with Crippen LogP contribution in [0.3, 0.4) is 0 Å². The van der Waals surface area contributed by atoms with Crippen molar-refractivity contribution >= 4 is 17.9 Å². The molecule has 0 fully saturated rings. The van der Waals surface area contributed by atoms with E-state index in [9.17, 15) is 14.4 Å². The molecule has 0 saturated carbocycles. The minimum atomic E-state index is -0.784. The predicted molar refractivity (Wildman–Crippen MR) is 348 cm³/mol. The van der Waals surface area contributed by atoms with Gasteiger partial charge in [0.2, 0.25) is 0 Å². The van der Waals surface area contributed by atoms with Crippen LogP contribution in [0.4, 0.5) is 0 Å². The Hall–Kier alpha value is -4.19. The van der Waals surface area contributed by atoms with Crippen molar-refractivity contribution in [2.75, 3.05) is 13.2 Å². The molecule has 0 aromatic carbocycles. The molecule has 0 N–H and O–H groups in total. The minimum Gasteiger partial charge on any atom is -0.462 e. The molecule has 0 bridgehead atoms. The molecule has 0 aliphatic rings. The monoisotopic (exact) mass is 1110 g/mol. The molecule has 6 nitrogen and oxygen atoms in total. The van der Waals surface area contributed by atoms with Gasteiger partial charge in [0.05, 0.1) is 0 Å². The summed E-state index contributed by atoms with van der Waals surface area (Å²) in [6.45, 7) is 6.41. The topological polar surface area (TPSA) is 78.9 Å². The quantitative estimate of drug-likeness (QED) is 0.0261. The number of hydrogen-bond donors (Lipinski definition) is 0. The number of hydrogen-bond acceptors (Lipinski definition) is 6. The predicted octanol–water partition coefficient (Wildman–Crippen LogP) is 23.2. The van der Waals surface area contributed by atoms with E-state index in [1.165, 1.54) is 141 Å². The second-order valence-electron chi connectivity index (χ2n) is 22.0. The van der Waals surface area contributed by atoms with E-state index in [2.05, 4.69) is 142 Å². The number of allylic oxidation sites excluding steroid dienone is 20. The van der Waals surface area contributed by atoms with Gasteiger partial charge in [-0.3, -0.25) is 14.4 Å². The normalized spacial score (nSPS) is 12.9. The van der Waals surface area contributed by atoms with E-state index in [1.54, 1.807) is 0 Å². The van der Waals surface area contributed by atoms with Gasteiger partial charge >= 0.3 is 17.9 Å². The SMILES string of the molecule is CC/C=C\C/C=C\C/C=C\C/C=C\C/C=C\C/C=C\CCCCCCCCCCCCCCC(=O)OCC(COC(=O)CCCCCCCCCCCC)OC(=O)CCCCCCCCCC/C=C\C/C=C\C/C=C\C/C=C\CC. The molecular formula is C74H124O6. The Bertz CT molecular complexity index is 1650. The highest BCUT2D eigenvalue weighted by Crippen LogP contribution is 2.16. The molecule has 6 heteroatoms. The first-order valence-corrected chi connectivity index (χ1v) is 33.5. The first-order chi connectivity index (χ1) is 39.5. The smallest absolute Gasteiger partial charge is 0.306 e. The lowest BCUT2D eigenvalue weighted by Gasteiger charge is -2.18. The molecule has 1 unspecified atom stereocenters. The molecule has 0 aliphatic heterocycles. The molecule has 1 atom stereocenters. The Morgan fingerprint density at radius 3 is 0.762 bits per heavy atom. The van der Waals surface area contributed by atoms with Crippen molar-refractivity contribution in [3.8, 4) is 0 Å². The third kappa shape index (κ3) is 64.6. The van der Waals surface area contributed by atoms with Crippen LogP contribution in [-0.2, 0) is 28.6 Å². The van der Waals surface area contributed by atoms with Crippen LogP contribution in [0.2, 0.25) is 0 Å². The second-order valence-corrected chi connectivity index (χ2v) is 22.0. The van der Waals surface area contributed by atoms with Gasteiger partial charge in [-0.2, -0.15) is 0 Å². The lowest BCUT2D eigenvalue weighted by atomic mass is 10.0. The molecule has 0 heterocycles. The number of rotatable bonds is 60. The highest BCUT2D eigenvalue weighted by Gasteiger charge is 2.19. The van der Waals surface area contributed by atoms with Crippen LogP contribution in [0.15, 0.2) is 122 Å². The largest absolute Gasteiger partial charge is 0.462 e. The molecule has 0 saturated heterocycles. The van der Waals surface area contributed by atoms with Gasteiger partial charge in [0.1, 0.15) is 13.2 Å². The van der Waals surface area contributed by atoms with E-state index in [0.717, 1.165) is 128 Å². The second kappa shape index (κ2) is 67.3. The highest BCUT2D eigenvalue weighted by molar-refractivity contribution is 5.71. The zero-order valence-corrected chi connectivity index (χ0v) is 52.3. The Morgan fingerprint density at radius 1 is 0.263 bits per heavy atom. The van der Waals surface area contributed by atoms with Crippen LogP contribution >= 0.6 is 0 Å². The number of esters is 3. The summed E-state index contributed by atoms with van der Waals surface area (Å²) in [5.41, 5.74) is 0. The van der Waals surface area contributed by atoms with Gasteiger partial charge in [-0.15, -0.1) is 0 Å². The first kappa shape index (κ1) is 75.8. The molecule has 0 aromatic heterocycles. The molecule has 80 heavy (non-hydrogen) atoms. The van der Waals surface area contributed by atoms with Crippen LogP contribution < -0.4 is 0 Å². The number of carbonyl (C=O) groups is 3. The molecular weight excluding hydrogens is 985 g/mol. The van der Waals surface area contributed by atoms with Crippen molar-refractivity contribution in [3.63, 3.8) is 0 Å². The van der Waals surface area contributed by atoms with Gasteiger partial charge in [-0.25, -0.2) is 0 Å². The summed E-state index contributed by atoms with van der Waals surface area (Å²) < 4.78 is 16.9. The summed E-state index contributed by atoms with van der Waals surface area (Å²) in [7, 11) is 0. The van der Waals surface area contributed by atoms with E-state index in [-0.39, 0.29) is 31.1 Å². The van der Waals surface area contributed by atoms with Crippen molar-refractivity contribution < 1.29 is 28.6 Å². The Labute approximate surface area is 494 Å². The van der Waals surface area contributed by atoms with E-state index in [4.69, 9.17) is 14.2 Å². The summed E-state index contributed by atoms with van der Waals surface area (Å²) in [6.07, 6.45) is 93.6. The van der Waals surface area contributed by atoms with Gasteiger partial charge < -0.3 is 14.2 Å².